The van der Waals surface area contributed by atoms with Gasteiger partial charge in [-0.25, -0.2) is 0 Å². The van der Waals surface area contributed by atoms with Crippen LogP contribution in [0.3, 0.4) is 0 Å². The van der Waals surface area contributed by atoms with Gasteiger partial charge in [-0.2, -0.15) is 0 Å². The Bertz CT molecular complexity index is 501. The van der Waals surface area contributed by atoms with Crippen LogP contribution in [0.2, 0.25) is 5.02 Å². The molecule has 0 aliphatic rings. The van der Waals surface area contributed by atoms with Crippen molar-refractivity contribution in [1.29, 1.82) is 0 Å². The number of rotatable bonds is 2. The van der Waals surface area contributed by atoms with Gasteiger partial charge in [-0.05, 0) is 23.3 Å². The van der Waals surface area contributed by atoms with Crippen LogP contribution < -0.4 is 0 Å². The first-order chi connectivity index (χ1) is 7.77. The van der Waals surface area contributed by atoms with Crippen LogP contribution in [-0.2, 0) is 0 Å². The van der Waals surface area contributed by atoms with Crippen molar-refractivity contribution in [2.45, 2.75) is 0 Å². The van der Waals surface area contributed by atoms with Gasteiger partial charge in [0.1, 0.15) is 0 Å². The standard InChI is InChI=1S/C14H10Cl2/c15-13-9-5-4-8-12(13)10-14(16)11-6-2-1-3-7-11/h1-10H/b14-10-. The summed E-state index contributed by atoms with van der Waals surface area (Å²) in [7, 11) is 0. The first-order valence-corrected chi connectivity index (χ1v) is 5.70. The van der Waals surface area contributed by atoms with Crippen LogP contribution in [0.25, 0.3) is 11.1 Å². The molecule has 0 heterocycles. The molecular formula is C14H10Cl2. The van der Waals surface area contributed by atoms with Gasteiger partial charge in [0, 0.05) is 10.1 Å². The molecule has 0 saturated heterocycles. The van der Waals surface area contributed by atoms with Crippen molar-refractivity contribution < 1.29 is 0 Å². The Morgan fingerprint density at radius 1 is 0.875 bits per heavy atom. The minimum atomic E-state index is 0.689. The van der Waals surface area contributed by atoms with Gasteiger partial charge in [0.15, 0.2) is 0 Å². The van der Waals surface area contributed by atoms with Crippen LogP contribution in [0.4, 0.5) is 0 Å². The molecule has 0 nitrogen and oxygen atoms in total. The second kappa shape index (κ2) is 5.20. The fourth-order valence-electron chi connectivity index (χ4n) is 1.41. The van der Waals surface area contributed by atoms with Gasteiger partial charge in [0.2, 0.25) is 0 Å². The Kier molecular flexibility index (Phi) is 3.66. The molecule has 0 atom stereocenters. The lowest BCUT2D eigenvalue weighted by Gasteiger charge is -2.01. The summed E-state index contributed by atoms with van der Waals surface area (Å²) < 4.78 is 0. The summed E-state index contributed by atoms with van der Waals surface area (Å²) >= 11 is 12.3. The highest BCUT2D eigenvalue weighted by atomic mass is 35.5. The molecule has 0 aromatic heterocycles. The monoisotopic (exact) mass is 248 g/mol. The van der Waals surface area contributed by atoms with E-state index in [1.807, 2.05) is 60.7 Å². The Hall–Kier alpha value is -1.24. The number of hydrogen-bond donors (Lipinski definition) is 0. The first-order valence-electron chi connectivity index (χ1n) is 4.94. The predicted octanol–water partition coefficient (Wildman–Crippen LogP) is 5.08. The van der Waals surface area contributed by atoms with E-state index in [1.54, 1.807) is 0 Å². The van der Waals surface area contributed by atoms with Gasteiger partial charge in [0.25, 0.3) is 0 Å². The van der Waals surface area contributed by atoms with Crippen molar-refractivity contribution in [1.82, 2.24) is 0 Å². The highest BCUT2D eigenvalue weighted by Gasteiger charge is 1.99. The van der Waals surface area contributed by atoms with E-state index in [0.29, 0.717) is 10.1 Å². The Balaban J connectivity index is 2.36. The van der Waals surface area contributed by atoms with Gasteiger partial charge in [-0.15, -0.1) is 0 Å². The van der Waals surface area contributed by atoms with Gasteiger partial charge < -0.3 is 0 Å². The summed E-state index contributed by atoms with van der Waals surface area (Å²) in [6.45, 7) is 0. The zero-order chi connectivity index (χ0) is 11.4. The van der Waals surface area contributed by atoms with Crippen molar-refractivity contribution >= 4 is 34.3 Å². The smallest absolute Gasteiger partial charge is 0.0484 e. The van der Waals surface area contributed by atoms with E-state index >= 15 is 0 Å². The lowest BCUT2D eigenvalue weighted by Crippen LogP contribution is -1.78. The van der Waals surface area contributed by atoms with E-state index in [-0.39, 0.29) is 0 Å². The molecule has 16 heavy (non-hydrogen) atoms. The van der Waals surface area contributed by atoms with Crippen LogP contribution in [0, 0.1) is 0 Å². The summed E-state index contributed by atoms with van der Waals surface area (Å²) in [5.41, 5.74) is 1.92. The number of halogens is 2. The van der Waals surface area contributed by atoms with Crippen molar-refractivity contribution in [3.8, 4) is 0 Å². The average Bonchev–Trinajstić information content (AvgIpc) is 2.33. The Morgan fingerprint density at radius 2 is 1.50 bits per heavy atom. The topological polar surface area (TPSA) is 0 Å². The molecule has 0 N–H and O–H groups in total. The number of benzene rings is 2. The van der Waals surface area contributed by atoms with Gasteiger partial charge >= 0.3 is 0 Å². The molecule has 2 aromatic carbocycles. The van der Waals surface area contributed by atoms with E-state index in [4.69, 9.17) is 23.2 Å². The molecule has 0 spiro atoms. The van der Waals surface area contributed by atoms with Crippen LogP contribution in [0.5, 0.6) is 0 Å². The lowest BCUT2D eigenvalue weighted by molar-refractivity contribution is 1.63. The van der Waals surface area contributed by atoms with Crippen LogP contribution in [0.15, 0.2) is 54.6 Å². The molecule has 0 unspecified atom stereocenters. The van der Waals surface area contributed by atoms with E-state index in [1.165, 1.54) is 0 Å². The van der Waals surface area contributed by atoms with Crippen molar-refractivity contribution in [3.63, 3.8) is 0 Å². The summed E-state index contributed by atoms with van der Waals surface area (Å²) in [5, 5.41) is 1.39. The van der Waals surface area contributed by atoms with Crippen LogP contribution in [0.1, 0.15) is 11.1 Å². The second-order valence-electron chi connectivity index (χ2n) is 3.38. The normalized spacial score (nSPS) is 11.5. The summed E-state index contributed by atoms with van der Waals surface area (Å²) in [4.78, 5) is 0. The van der Waals surface area contributed by atoms with E-state index in [9.17, 15) is 0 Å². The molecule has 80 valence electrons. The van der Waals surface area contributed by atoms with E-state index in [2.05, 4.69) is 0 Å². The van der Waals surface area contributed by atoms with E-state index in [0.717, 1.165) is 11.1 Å². The SMILES string of the molecule is Cl/C(=C\c1ccccc1Cl)c1ccccc1. The molecule has 2 aromatic rings. The zero-order valence-electron chi connectivity index (χ0n) is 8.53. The Morgan fingerprint density at radius 3 is 2.19 bits per heavy atom. The minimum absolute atomic E-state index is 0.689. The predicted molar refractivity (Wildman–Crippen MR) is 71.6 cm³/mol. The molecule has 0 fully saturated rings. The molecular weight excluding hydrogens is 239 g/mol. The Labute approximate surface area is 105 Å². The van der Waals surface area contributed by atoms with Gasteiger partial charge in [-0.1, -0.05) is 71.7 Å². The summed E-state index contributed by atoms with van der Waals surface area (Å²) in [6.07, 6.45) is 1.87. The molecule has 2 heteroatoms. The quantitative estimate of drug-likeness (QED) is 0.651. The molecule has 0 aliphatic heterocycles. The highest BCUT2D eigenvalue weighted by molar-refractivity contribution is 6.51. The van der Waals surface area contributed by atoms with Crippen molar-refractivity contribution in [2.24, 2.45) is 0 Å². The third-order valence-corrected chi connectivity index (χ3v) is 2.91. The van der Waals surface area contributed by atoms with E-state index < -0.39 is 0 Å². The van der Waals surface area contributed by atoms with Gasteiger partial charge in [-0.3, -0.25) is 0 Å². The maximum absolute atomic E-state index is 6.22. The maximum atomic E-state index is 6.22. The third kappa shape index (κ3) is 2.66. The second-order valence-corrected chi connectivity index (χ2v) is 4.19. The summed E-state index contributed by atoms with van der Waals surface area (Å²) in [6, 6.07) is 17.4. The summed E-state index contributed by atoms with van der Waals surface area (Å²) in [5.74, 6) is 0. The minimum Gasteiger partial charge on any atom is -0.0837 e. The fraction of sp³-hybridized carbons (Fsp3) is 0. The van der Waals surface area contributed by atoms with Crippen molar-refractivity contribution in [2.75, 3.05) is 0 Å². The largest absolute Gasteiger partial charge is 0.0837 e. The van der Waals surface area contributed by atoms with Crippen LogP contribution in [-0.4, -0.2) is 0 Å². The molecule has 0 amide bonds. The average molecular weight is 249 g/mol. The molecule has 2 rings (SSSR count). The van der Waals surface area contributed by atoms with Gasteiger partial charge in [0.05, 0.1) is 0 Å². The molecule has 0 bridgehead atoms. The van der Waals surface area contributed by atoms with Crippen molar-refractivity contribution in [3.05, 3.63) is 70.7 Å². The molecule has 0 aliphatic carbocycles. The maximum Gasteiger partial charge on any atom is 0.0484 e. The highest BCUT2D eigenvalue weighted by Crippen LogP contribution is 2.25. The molecule has 0 radical (unpaired) electrons. The fourth-order valence-corrected chi connectivity index (χ4v) is 1.84. The van der Waals surface area contributed by atoms with Crippen LogP contribution >= 0.6 is 23.2 Å². The zero-order valence-corrected chi connectivity index (χ0v) is 10.0. The number of hydrogen-bond acceptors (Lipinski definition) is 0. The third-order valence-electron chi connectivity index (χ3n) is 2.24. The molecule has 0 saturated carbocycles. The first kappa shape index (κ1) is 11.3. The lowest BCUT2D eigenvalue weighted by atomic mass is 10.1.